The Labute approximate surface area is 320 Å². The van der Waals surface area contributed by atoms with Gasteiger partial charge in [0.05, 0.1) is 29.5 Å². The van der Waals surface area contributed by atoms with Gasteiger partial charge in [-0.1, -0.05) is 35.8 Å². The number of aliphatic hydroxyl groups is 4. The molecule has 2 aromatic carbocycles. The summed E-state index contributed by atoms with van der Waals surface area (Å²) in [4.78, 5) is 33.2. The van der Waals surface area contributed by atoms with E-state index in [1.807, 2.05) is 0 Å². The van der Waals surface area contributed by atoms with Crippen molar-refractivity contribution in [3.63, 3.8) is 0 Å². The van der Waals surface area contributed by atoms with Crippen molar-refractivity contribution in [3.05, 3.63) is 93.5 Å². The minimum atomic E-state index is -1.75. The van der Waals surface area contributed by atoms with E-state index in [2.05, 4.69) is 9.98 Å². The van der Waals surface area contributed by atoms with E-state index in [1.54, 1.807) is 48.8 Å². The van der Waals surface area contributed by atoms with Gasteiger partial charge in [0.2, 0.25) is 0 Å². The number of hydrogen-bond acceptors (Lipinski definition) is 19. The van der Waals surface area contributed by atoms with Crippen LogP contribution in [0.5, 0.6) is 23.0 Å². The van der Waals surface area contributed by atoms with Crippen LogP contribution in [0.25, 0.3) is 0 Å². The van der Waals surface area contributed by atoms with Crippen LogP contribution < -0.4 is 19.7 Å². The Kier molecular flexibility index (Phi) is 65.5. The fourth-order valence-corrected chi connectivity index (χ4v) is 2.17. The standard InChI is InChI=1S/C19H22N2O4.4CH4O.Eu.3NO3.Ni/c1-24-16-8-3-6-14(18(16)22)12-20-10-5-11-21-13-15-7-4-9-17(25-2)19(15)23;4*1-2;;3*2-1(3)4;/h3-4,6-9,12-13,22-23H,5,10-11H2,1-2H3;4*2H,1H3;;;;;/q;;;;;+3;3*-1;+2/p-2. The minimum Gasteiger partial charge on any atom is -0.870 e. The molecule has 0 saturated heterocycles. The maximum absolute atomic E-state index is 11.9. The summed E-state index contributed by atoms with van der Waals surface area (Å²) in [5.41, 5.74) is 0.991. The molecule has 272 valence electrons. The number of aliphatic imine (C=N–C) groups is 2. The van der Waals surface area contributed by atoms with Crippen LogP contribution in [-0.4, -0.2) is 104 Å². The summed E-state index contributed by atoms with van der Waals surface area (Å²) < 4.78 is 9.97. The third-order valence-electron chi connectivity index (χ3n) is 3.49. The predicted octanol–water partition coefficient (Wildman–Crippen LogP) is -0.507. The maximum atomic E-state index is 11.9. The Balaban J connectivity index is -0.0000000962. The molecule has 24 heteroatoms. The van der Waals surface area contributed by atoms with Gasteiger partial charge < -0.3 is 86.1 Å². The van der Waals surface area contributed by atoms with E-state index in [9.17, 15) is 10.2 Å². The Bertz CT molecular complexity index is 967. The molecule has 0 aliphatic rings. The van der Waals surface area contributed by atoms with Gasteiger partial charge in [0.15, 0.2) is 0 Å². The van der Waals surface area contributed by atoms with Crippen molar-refractivity contribution in [2.75, 3.05) is 55.7 Å². The summed E-state index contributed by atoms with van der Waals surface area (Å²) in [6, 6.07) is 10.1. The zero-order valence-corrected chi connectivity index (χ0v) is 29.2. The van der Waals surface area contributed by atoms with Crippen molar-refractivity contribution in [2.24, 2.45) is 9.98 Å². The molecule has 0 unspecified atom stereocenters. The first kappa shape index (κ1) is 62.3. The minimum absolute atomic E-state index is 0. The molecule has 0 aromatic heterocycles. The Hall–Kier alpha value is -3.50. The van der Waals surface area contributed by atoms with Crippen LogP contribution >= 0.6 is 0 Å². The van der Waals surface area contributed by atoms with Gasteiger partial charge in [-0.2, -0.15) is 0 Å². The Morgan fingerprint density at radius 3 is 1.06 bits per heavy atom. The summed E-state index contributed by atoms with van der Waals surface area (Å²) in [5.74, 6) is 0.265. The molecule has 0 spiro atoms. The van der Waals surface area contributed by atoms with Gasteiger partial charge in [-0.3, -0.25) is 9.98 Å². The average Bonchev–Trinajstić information content (AvgIpc) is 3.01. The number of hydrogen-bond donors (Lipinski definition) is 4. The predicted molar refractivity (Wildman–Crippen MR) is 158 cm³/mol. The largest absolute Gasteiger partial charge is 3.00 e. The van der Waals surface area contributed by atoms with Crippen LogP contribution in [0.1, 0.15) is 17.5 Å². The van der Waals surface area contributed by atoms with Crippen LogP contribution in [-0.2, 0) is 16.5 Å². The molecule has 0 amide bonds. The van der Waals surface area contributed by atoms with Crippen LogP contribution in [0.15, 0.2) is 46.4 Å². The van der Waals surface area contributed by atoms with Crippen LogP contribution in [0.4, 0.5) is 0 Å². The zero-order chi connectivity index (χ0) is 36.8. The molecule has 0 aliphatic heterocycles. The molecule has 0 heterocycles. The number of nitrogens with zero attached hydrogens (tertiary/aromatic N) is 5. The molecule has 0 radical (unpaired) electrons. The fourth-order valence-electron chi connectivity index (χ4n) is 2.17. The van der Waals surface area contributed by atoms with Crippen molar-refractivity contribution in [1.82, 2.24) is 0 Å². The fraction of sp³-hybridized carbons (Fsp3) is 0.391. The normalized spacial score (nSPS) is 8.04. The number of para-hydroxylation sites is 2. The Morgan fingerprint density at radius 1 is 0.617 bits per heavy atom. The Morgan fingerprint density at radius 2 is 0.851 bits per heavy atom. The first-order chi connectivity index (χ1) is 21.4. The number of benzene rings is 2. The van der Waals surface area contributed by atoms with Crippen LogP contribution in [0, 0.1) is 95.3 Å². The number of ether oxygens (including phenoxy) is 2. The first-order valence-electron chi connectivity index (χ1n) is 11.3. The monoisotopic (exact) mass is 865 g/mol. The van der Waals surface area contributed by atoms with Gasteiger partial charge in [-0.05, 0) is 29.7 Å². The quantitative estimate of drug-likeness (QED) is 0.0853. The molecule has 0 atom stereocenters. The second-order valence-electron chi connectivity index (χ2n) is 5.85. The number of aliphatic hydroxyl groups excluding tert-OH is 4. The zero-order valence-electron chi connectivity index (χ0n) is 25.8. The first-order valence-corrected chi connectivity index (χ1v) is 11.3. The van der Waals surface area contributed by atoms with Crippen LogP contribution in [0.2, 0.25) is 0 Å². The summed E-state index contributed by atoms with van der Waals surface area (Å²) in [6.45, 7) is 1.08. The van der Waals surface area contributed by atoms with E-state index < -0.39 is 15.3 Å². The molecule has 0 bridgehead atoms. The molecule has 22 nitrogen and oxygen atoms in total. The summed E-state index contributed by atoms with van der Waals surface area (Å²) in [7, 11) is 6.93. The second kappa shape index (κ2) is 49.4. The molecular formula is C23H36EuN5NiO17. The van der Waals surface area contributed by atoms with Gasteiger partial charge in [0.25, 0.3) is 0 Å². The topological polar surface area (TPSA) is 369 Å². The second-order valence-corrected chi connectivity index (χ2v) is 5.85. The number of methoxy groups -OCH3 is 2. The smallest absolute Gasteiger partial charge is 0.870 e. The molecule has 0 saturated carbocycles. The van der Waals surface area contributed by atoms with Gasteiger partial charge in [0.1, 0.15) is 11.5 Å². The van der Waals surface area contributed by atoms with E-state index in [-0.39, 0.29) is 77.4 Å². The maximum Gasteiger partial charge on any atom is 3.00 e. The van der Waals surface area contributed by atoms with E-state index >= 15 is 0 Å². The molecule has 0 aliphatic carbocycles. The van der Waals surface area contributed by atoms with E-state index in [4.69, 9.17) is 75.9 Å². The summed E-state index contributed by atoms with van der Waals surface area (Å²) >= 11 is 0. The third kappa shape index (κ3) is 47.0. The van der Waals surface area contributed by atoms with Crippen molar-refractivity contribution >= 4 is 12.4 Å². The molecule has 0 fully saturated rings. The van der Waals surface area contributed by atoms with Gasteiger partial charge in [0, 0.05) is 54.0 Å². The van der Waals surface area contributed by atoms with Crippen molar-refractivity contribution in [3.8, 4) is 23.0 Å². The van der Waals surface area contributed by atoms with Gasteiger partial charge >= 0.3 is 65.9 Å². The van der Waals surface area contributed by atoms with Crippen molar-refractivity contribution in [2.45, 2.75) is 6.42 Å². The SMILES string of the molecule is CO.CO.CO.CO.COc1cccc(C=NCCCN=Cc2cccc(OC)c2[O-])c1[O-].O=[N+]([O-])[O-].O=[N+]([O-])[O-].O=[N+]([O-])[O-].[Eu+3].[Ni+2]. The molecule has 47 heavy (non-hydrogen) atoms. The van der Waals surface area contributed by atoms with Gasteiger partial charge in [-0.25, -0.2) is 0 Å². The van der Waals surface area contributed by atoms with Crippen molar-refractivity contribution < 1.29 is 121 Å². The molecule has 4 N–H and O–H groups in total. The van der Waals surface area contributed by atoms with Crippen LogP contribution in [0.3, 0.4) is 0 Å². The molecular weight excluding hydrogens is 829 g/mol. The summed E-state index contributed by atoms with van der Waals surface area (Å²) in [6.07, 6.45) is 3.81. The molecule has 2 rings (SSSR count). The van der Waals surface area contributed by atoms with E-state index in [0.29, 0.717) is 42.1 Å². The van der Waals surface area contributed by atoms with E-state index in [0.717, 1.165) is 28.4 Å². The van der Waals surface area contributed by atoms with E-state index in [1.165, 1.54) is 14.2 Å². The third-order valence-corrected chi connectivity index (χ3v) is 3.49. The summed E-state index contributed by atoms with van der Waals surface area (Å²) in [5, 5.41) is 96.1. The number of rotatable bonds is 8. The molecule has 2 aromatic rings. The average molecular weight is 865 g/mol. The van der Waals surface area contributed by atoms with Crippen molar-refractivity contribution in [1.29, 1.82) is 0 Å². The van der Waals surface area contributed by atoms with Gasteiger partial charge in [-0.15, -0.1) is 0 Å².